The number of nitrogens with one attached hydrogen (secondary N) is 1. The average molecular weight is 415 g/mol. The molecule has 0 spiro atoms. The third-order valence-corrected chi connectivity index (χ3v) is 5.08. The molecule has 0 radical (unpaired) electrons. The molecule has 2 aromatic rings. The Morgan fingerprint density at radius 1 is 1.04 bits per heavy atom. The fourth-order valence-electron chi connectivity index (χ4n) is 2.10. The molecule has 0 saturated heterocycles. The normalized spacial score (nSPS) is 12.5. The number of carbonyl (C=O) groups excluding carboxylic acids is 2. The Balaban J connectivity index is 1.94. The van der Waals surface area contributed by atoms with E-state index in [1.807, 2.05) is 0 Å². The Hall–Kier alpha value is -2.88. The largest absolute Gasteiger partial charge is 0.449 e. The summed E-state index contributed by atoms with van der Waals surface area (Å²) in [5.41, 5.74) is 0.538. The van der Waals surface area contributed by atoms with Crippen molar-refractivity contribution in [3.8, 4) is 0 Å². The maximum absolute atomic E-state index is 12.8. The molecular weight excluding hydrogens is 399 g/mol. The molecule has 0 bridgehead atoms. The van der Waals surface area contributed by atoms with E-state index in [1.165, 1.54) is 31.2 Å². The van der Waals surface area contributed by atoms with Crippen LogP contribution in [-0.4, -0.2) is 32.2 Å². The number of ether oxygens (including phenoxy) is 1. The average Bonchev–Trinajstić information content (AvgIpc) is 2.67. The van der Waals surface area contributed by atoms with E-state index in [1.54, 1.807) is 0 Å². The summed E-state index contributed by atoms with van der Waals surface area (Å²) < 4.78 is 65.5. The van der Waals surface area contributed by atoms with Gasteiger partial charge < -0.3 is 10.1 Å². The molecular formula is C18H16F3NO5S. The number of alkyl halides is 2. The van der Waals surface area contributed by atoms with Gasteiger partial charge in [0.1, 0.15) is 5.82 Å². The van der Waals surface area contributed by atoms with Crippen LogP contribution in [0.3, 0.4) is 0 Å². The molecule has 1 N–H and O–H groups in total. The first-order valence-corrected chi connectivity index (χ1v) is 9.51. The lowest BCUT2D eigenvalue weighted by Gasteiger charge is -2.14. The number of hydrogen-bond acceptors (Lipinski definition) is 5. The predicted octanol–water partition coefficient (Wildman–Crippen LogP) is 2.68. The molecule has 0 aliphatic carbocycles. The molecule has 0 unspecified atom stereocenters. The van der Waals surface area contributed by atoms with Gasteiger partial charge >= 0.3 is 11.7 Å². The van der Waals surface area contributed by atoms with Gasteiger partial charge in [0, 0.05) is 6.54 Å². The highest BCUT2D eigenvalue weighted by Crippen LogP contribution is 2.19. The molecule has 0 aliphatic rings. The number of carbonyl (C=O) groups is 2. The van der Waals surface area contributed by atoms with Crippen molar-refractivity contribution in [3.63, 3.8) is 0 Å². The molecule has 1 amide bonds. The van der Waals surface area contributed by atoms with Crippen LogP contribution in [0.25, 0.3) is 0 Å². The fourth-order valence-corrected chi connectivity index (χ4v) is 2.82. The Bertz CT molecular complexity index is 944. The minimum absolute atomic E-state index is 0.0984. The van der Waals surface area contributed by atoms with Crippen LogP contribution in [-0.2, 0) is 25.9 Å². The fraction of sp³-hybridized carbons (Fsp3) is 0.222. The SMILES string of the molecule is C[C@@H](OC(=O)c1ccc(S(=O)(=O)C(F)F)cc1)C(=O)NCc1ccc(F)cc1. The zero-order valence-electron chi connectivity index (χ0n) is 14.6. The van der Waals surface area contributed by atoms with Crippen LogP contribution in [0.1, 0.15) is 22.8 Å². The van der Waals surface area contributed by atoms with Crippen molar-refractivity contribution in [1.29, 1.82) is 0 Å². The number of benzene rings is 2. The van der Waals surface area contributed by atoms with E-state index in [2.05, 4.69) is 5.32 Å². The summed E-state index contributed by atoms with van der Waals surface area (Å²) in [6.45, 7) is 1.43. The second-order valence-corrected chi connectivity index (χ2v) is 7.64. The molecule has 0 fully saturated rings. The van der Waals surface area contributed by atoms with Crippen molar-refractivity contribution in [2.45, 2.75) is 30.2 Å². The van der Waals surface area contributed by atoms with Crippen molar-refractivity contribution in [1.82, 2.24) is 5.32 Å². The van der Waals surface area contributed by atoms with Crippen LogP contribution in [0.2, 0.25) is 0 Å². The summed E-state index contributed by atoms with van der Waals surface area (Å²) in [6.07, 6.45) is -1.17. The third kappa shape index (κ3) is 5.32. The first-order chi connectivity index (χ1) is 13.1. The Kier molecular flexibility index (Phi) is 6.79. The second kappa shape index (κ2) is 8.87. The van der Waals surface area contributed by atoms with E-state index >= 15 is 0 Å². The topological polar surface area (TPSA) is 89.5 Å². The summed E-state index contributed by atoms with van der Waals surface area (Å²) in [5.74, 6) is -5.51. The molecule has 10 heteroatoms. The van der Waals surface area contributed by atoms with E-state index in [-0.39, 0.29) is 12.1 Å². The number of esters is 1. The lowest BCUT2D eigenvalue weighted by molar-refractivity contribution is -0.129. The molecule has 0 heterocycles. The third-order valence-electron chi connectivity index (χ3n) is 3.69. The summed E-state index contributed by atoms with van der Waals surface area (Å²) in [4.78, 5) is 23.4. The minimum atomic E-state index is -4.77. The van der Waals surface area contributed by atoms with Crippen molar-refractivity contribution in [2.24, 2.45) is 0 Å². The van der Waals surface area contributed by atoms with Gasteiger partial charge in [-0.2, -0.15) is 8.78 Å². The molecule has 2 rings (SSSR count). The van der Waals surface area contributed by atoms with E-state index < -0.39 is 44.3 Å². The van der Waals surface area contributed by atoms with E-state index in [4.69, 9.17) is 4.74 Å². The smallest absolute Gasteiger partial charge is 0.341 e. The number of halogens is 3. The minimum Gasteiger partial charge on any atom is -0.449 e. The summed E-state index contributed by atoms with van der Waals surface area (Å²) in [7, 11) is -4.77. The standard InChI is InChI=1S/C18H16F3NO5S/c1-11(16(23)22-10-12-2-6-14(19)7-3-12)27-17(24)13-4-8-15(9-5-13)28(25,26)18(20)21/h2-9,11,18H,10H2,1H3,(H,22,23)/t11-/m1/s1. The van der Waals surface area contributed by atoms with Gasteiger partial charge in [0.05, 0.1) is 10.5 Å². The lowest BCUT2D eigenvalue weighted by atomic mass is 10.2. The van der Waals surface area contributed by atoms with Gasteiger partial charge in [0.15, 0.2) is 6.10 Å². The van der Waals surface area contributed by atoms with Crippen molar-refractivity contribution >= 4 is 21.7 Å². The van der Waals surface area contributed by atoms with E-state index in [0.717, 1.165) is 24.3 Å². The summed E-state index contributed by atoms with van der Waals surface area (Å²) in [5, 5.41) is 2.52. The first kappa shape index (κ1) is 21.4. The van der Waals surface area contributed by atoms with Gasteiger partial charge in [-0.15, -0.1) is 0 Å². The molecule has 1 atom stereocenters. The Morgan fingerprint density at radius 3 is 2.14 bits per heavy atom. The van der Waals surface area contributed by atoms with Gasteiger partial charge in [-0.05, 0) is 48.9 Å². The van der Waals surface area contributed by atoms with Crippen molar-refractivity contribution in [3.05, 3.63) is 65.5 Å². The number of hydrogen-bond donors (Lipinski definition) is 1. The van der Waals surface area contributed by atoms with Crippen LogP contribution in [0.5, 0.6) is 0 Å². The van der Waals surface area contributed by atoms with Crippen LogP contribution in [0.4, 0.5) is 13.2 Å². The van der Waals surface area contributed by atoms with Crippen LogP contribution in [0.15, 0.2) is 53.4 Å². The number of sulfone groups is 1. The highest BCUT2D eigenvalue weighted by atomic mass is 32.2. The molecule has 150 valence electrons. The Morgan fingerprint density at radius 2 is 1.61 bits per heavy atom. The quantitative estimate of drug-likeness (QED) is 0.703. The van der Waals surface area contributed by atoms with Gasteiger partial charge in [-0.25, -0.2) is 17.6 Å². The Labute approximate surface area is 159 Å². The predicted molar refractivity (Wildman–Crippen MR) is 92.8 cm³/mol. The van der Waals surface area contributed by atoms with Gasteiger partial charge in [-0.1, -0.05) is 12.1 Å². The molecule has 0 saturated carbocycles. The summed E-state index contributed by atoms with van der Waals surface area (Å²) in [6, 6.07) is 9.20. The van der Waals surface area contributed by atoms with Gasteiger partial charge in [0.2, 0.25) is 9.84 Å². The maximum atomic E-state index is 12.8. The lowest BCUT2D eigenvalue weighted by Crippen LogP contribution is -2.35. The van der Waals surface area contributed by atoms with Gasteiger partial charge in [-0.3, -0.25) is 4.79 Å². The van der Waals surface area contributed by atoms with E-state index in [0.29, 0.717) is 5.56 Å². The molecule has 28 heavy (non-hydrogen) atoms. The van der Waals surface area contributed by atoms with Crippen LogP contribution in [0, 0.1) is 5.82 Å². The van der Waals surface area contributed by atoms with E-state index in [9.17, 15) is 31.2 Å². The maximum Gasteiger partial charge on any atom is 0.341 e. The van der Waals surface area contributed by atoms with Crippen LogP contribution >= 0.6 is 0 Å². The van der Waals surface area contributed by atoms with Gasteiger partial charge in [0.25, 0.3) is 5.91 Å². The number of rotatable bonds is 7. The zero-order valence-corrected chi connectivity index (χ0v) is 15.4. The van der Waals surface area contributed by atoms with Crippen molar-refractivity contribution in [2.75, 3.05) is 0 Å². The molecule has 0 aliphatic heterocycles. The number of amides is 1. The summed E-state index contributed by atoms with van der Waals surface area (Å²) >= 11 is 0. The van der Waals surface area contributed by atoms with Crippen LogP contribution < -0.4 is 5.32 Å². The highest BCUT2D eigenvalue weighted by molar-refractivity contribution is 7.91. The van der Waals surface area contributed by atoms with Crippen molar-refractivity contribution < 1.29 is 35.9 Å². The second-order valence-electron chi connectivity index (χ2n) is 5.72. The first-order valence-electron chi connectivity index (χ1n) is 7.96. The zero-order chi connectivity index (χ0) is 20.9. The monoisotopic (exact) mass is 415 g/mol. The highest BCUT2D eigenvalue weighted by Gasteiger charge is 2.27. The molecule has 0 aromatic heterocycles. The molecule has 6 nitrogen and oxygen atoms in total. The molecule has 2 aromatic carbocycles.